The molecular formula is C25H31FN4O8. The highest BCUT2D eigenvalue weighted by Crippen LogP contribution is 2.29. The van der Waals surface area contributed by atoms with Crippen LogP contribution in [0.25, 0.3) is 0 Å². The molecule has 13 heteroatoms. The van der Waals surface area contributed by atoms with E-state index in [0.29, 0.717) is 11.3 Å². The summed E-state index contributed by atoms with van der Waals surface area (Å²) in [5, 5.41) is 11.3. The maximum absolute atomic E-state index is 13.3. The largest absolute Gasteiger partial charge is 0.382 e. The van der Waals surface area contributed by atoms with Crippen LogP contribution in [0.4, 0.5) is 4.39 Å². The van der Waals surface area contributed by atoms with E-state index in [1.165, 1.54) is 44.6 Å². The van der Waals surface area contributed by atoms with Crippen LogP contribution in [0.2, 0.25) is 0 Å². The van der Waals surface area contributed by atoms with Crippen molar-refractivity contribution in [3.8, 4) is 0 Å². The summed E-state index contributed by atoms with van der Waals surface area (Å²) >= 11 is 0. The molecule has 0 aliphatic carbocycles. The smallest absolute Gasteiger partial charge is 0.274 e. The van der Waals surface area contributed by atoms with Crippen molar-refractivity contribution in [2.75, 3.05) is 34.0 Å². The van der Waals surface area contributed by atoms with Crippen LogP contribution in [0.3, 0.4) is 0 Å². The number of amides is 3. The topological polar surface area (TPSA) is 161 Å². The van der Waals surface area contributed by atoms with Gasteiger partial charge < -0.3 is 34.7 Å². The lowest BCUT2D eigenvalue weighted by atomic mass is 9.94. The number of carbonyl (C=O) groups excluding carboxylic acids is 4. The first-order chi connectivity index (χ1) is 18.1. The van der Waals surface area contributed by atoms with Crippen LogP contribution in [-0.2, 0) is 35.0 Å². The van der Waals surface area contributed by atoms with Crippen molar-refractivity contribution >= 4 is 23.5 Å². The molecule has 2 aromatic rings. The maximum Gasteiger partial charge on any atom is 0.274 e. The quantitative estimate of drug-likeness (QED) is 0.285. The van der Waals surface area contributed by atoms with Crippen molar-refractivity contribution in [3.63, 3.8) is 0 Å². The fraction of sp³-hybridized carbons (Fsp3) is 0.480. The van der Waals surface area contributed by atoms with Gasteiger partial charge in [0.2, 0.25) is 11.8 Å². The number of nitrogens with zero attached hydrogens (tertiary/aromatic N) is 1. The fourth-order valence-corrected chi connectivity index (χ4v) is 3.63. The minimum absolute atomic E-state index is 0.0273. The van der Waals surface area contributed by atoms with Crippen molar-refractivity contribution in [3.05, 3.63) is 53.2 Å². The van der Waals surface area contributed by atoms with Gasteiger partial charge in [0.1, 0.15) is 29.3 Å². The number of ether oxygens (including phenoxy) is 3. The van der Waals surface area contributed by atoms with Crippen LogP contribution in [0.1, 0.15) is 28.7 Å². The molecule has 1 aromatic heterocycles. The highest BCUT2D eigenvalue weighted by Gasteiger charge is 2.50. The number of hydrogen-bond acceptors (Lipinski definition) is 9. The molecule has 206 valence electrons. The molecular weight excluding hydrogens is 503 g/mol. The number of Topliss-reactive ketones (excluding diaryl/α,β-unsaturated/α-hetero) is 1. The van der Waals surface area contributed by atoms with Gasteiger partial charge in [-0.15, -0.1) is 0 Å². The van der Waals surface area contributed by atoms with Gasteiger partial charge >= 0.3 is 0 Å². The van der Waals surface area contributed by atoms with Crippen LogP contribution in [0.5, 0.6) is 0 Å². The van der Waals surface area contributed by atoms with Crippen molar-refractivity contribution in [2.24, 2.45) is 0 Å². The van der Waals surface area contributed by atoms with Crippen LogP contribution in [-0.4, -0.2) is 86.4 Å². The van der Waals surface area contributed by atoms with E-state index in [0.717, 1.165) is 0 Å². The van der Waals surface area contributed by atoms with Gasteiger partial charge in [-0.25, -0.2) is 4.39 Å². The molecule has 2 heterocycles. The molecule has 4 atom stereocenters. The van der Waals surface area contributed by atoms with Crippen molar-refractivity contribution < 1.29 is 42.3 Å². The Labute approximate surface area is 218 Å². The Bertz CT molecular complexity index is 1150. The molecule has 1 unspecified atom stereocenters. The van der Waals surface area contributed by atoms with Crippen LogP contribution in [0.15, 0.2) is 34.9 Å². The van der Waals surface area contributed by atoms with E-state index in [-0.39, 0.29) is 37.7 Å². The number of nitrogens with one attached hydrogen (secondary N) is 3. The number of benzene rings is 1. The normalized spacial score (nSPS) is 18.7. The Morgan fingerprint density at radius 2 is 1.55 bits per heavy atom. The number of ketones is 1. The Hall–Kier alpha value is -3.68. The number of aryl methyl sites for hydroxylation is 1. The van der Waals surface area contributed by atoms with Crippen LogP contribution < -0.4 is 16.0 Å². The average molecular weight is 535 g/mol. The summed E-state index contributed by atoms with van der Waals surface area (Å²) in [6.45, 7) is 3.02. The second-order valence-electron chi connectivity index (χ2n) is 9.10. The van der Waals surface area contributed by atoms with Crippen LogP contribution >= 0.6 is 0 Å². The second kappa shape index (κ2) is 12.7. The van der Waals surface area contributed by atoms with Gasteiger partial charge in [0.25, 0.3) is 5.91 Å². The molecule has 1 aliphatic rings. The monoisotopic (exact) mass is 534 g/mol. The van der Waals surface area contributed by atoms with Gasteiger partial charge in [-0.1, -0.05) is 17.3 Å². The summed E-state index contributed by atoms with van der Waals surface area (Å²) in [5.41, 5.74) is -0.446. The first kappa shape index (κ1) is 28.9. The Morgan fingerprint density at radius 1 is 1.00 bits per heavy atom. The molecule has 0 saturated carbocycles. The SMILES string of the molecule is COC[C@H](NC(=O)c1cc(C)on1)C(=O)N[C@@H](COC)C(=O)NC(Cc1ccc(F)cc1)C(=O)[C@@]1(C)CO1. The lowest BCUT2D eigenvalue weighted by Gasteiger charge is -2.25. The Morgan fingerprint density at radius 3 is 2.05 bits per heavy atom. The van der Waals surface area contributed by atoms with E-state index in [2.05, 4.69) is 21.1 Å². The zero-order chi connectivity index (χ0) is 27.9. The van der Waals surface area contributed by atoms with Gasteiger partial charge in [-0.05, 0) is 38.0 Å². The van der Waals surface area contributed by atoms with Gasteiger partial charge in [-0.2, -0.15) is 0 Å². The van der Waals surface area contributed by atoms with E-state index < -0.39 is 47.3 Å². The van der Waals surface area contributed by atoms with Gasteiger partial charge in [0, 0.05) is 20.3 Å². The number of hydrogen-bond donors (Lipinski definition) is 3. The summed E-state index contributed by atoms with van der Waals surface area (Å²) in [5.74, 6) is -2.47. The van der Waals surface area contributed by atoms with E-state index in [9.17, 15) is 23.6 Å². The number of rotatable bonds is 14. The Balaban J connectivity index is 1.71. The molecule has 1 aliphatic heterocycles. The zero-order valence-corrected chi connectivity index (χ0v) is 21.5. The van der Waals surface area contributed by atoms with E-state index in [4.69, 9.17) is 18.7 Å². The minimum Gasteiger partial charge on any atom is -0.382 e. The molecule has 0 spiro atoms. The molecule has 1 aromatic carbocycles. The molecule has 1 saturated heterocycles. The average Bonchev–Trinajstić information content (AvgIpc) is 3.49. The summed E-state index contributed by atoms with van der Waals surface area (Å²) < 4.78 is 33.6. The van der Waals surface area contributed by atoms with Crippen molar-refractivity contribution in [2.45, 2.75) is 44.0 Å². The van der Waals surface area contributed by atoms with E-state index in [1.54, 1.807) is 13.8 Å². The summed E-state index contributed by atoms with van der Waals surface area (Å²) in [4.78, 5) is 51.7. The van der Waals surface area contributed by atoms with Gasteiger partial charge in [0.15, 0.2) is 11.5 Å². The first-order valence-corrected chi connectivity index (χ1v) is 11.8. The van der Waals surface area contributed by atoms with Crippen LogP contribution in [0, 0.1) is 12.7 Å². The number of methoxy groups -OCH3 is 2. The number of halogens is 1. The molecule has 12 nitrogen and oxygen atoms in total. The number of carbonyl (C=O) groups is 4. The maximum atomic E-state index is 13.3. The summed E-state index contributed by atoms with van der Waals surface area (Å²) in [6, 6.07) is 3.55. The van der Waals surface area contributed by atoms with Crippen molar-refractivity contribution in [1.29, 1.82) is 0 Å². The lowest BCUT2D eigenvalue weighted by molar-refractivity contribution is -0.134. The summed E-state index contributed by atoms with van der Waals surface area (Å²) in [7, 11) is 2.69. The Kier molecular flexibility index (Phi) is 9.66. The molecule has 3 N–H and O–H groups in total. The highest BCUT2D eigenvalue weighted by molar-refractivity contribution is 5.99. The third-order valence-electron chi connectivity index (χ3n) is 5.87. The standard InChI is InChI=1S/C25H31FN4O8/c1-14-9-18(30-38-14)22(32)28-20(12-36-4)24(34)29-19(11-35-3)23(33)27-17(21(31)25(2)13-37-25)10-15-5-7-16(26)8-6-15/h5-9,17,19-20H,10-13H2,1-4H3,(H,27,33)(H,28,32)(H,29,34)/t17?,19-,20-,25+/m0/s1. The van der Waals surface area contributed by atoms with Crippen molar-refractivity contribution in [1.82, 2.24) is 21.1 Å². The van der Waals surface area contributed by atoms with E-state index in [1.807, 2.05) is 0 Å². The first-order valence-electron chi connectivity index (χ1n) is 11.8. The molecule has 3 rings (SSSR count). The molecule has 3 amide bonds. The predicted molar refractivity (Wildman–Crippen MR) is 130 cm³/mol. The highest BCUT2D eigenvalue weighted by atomic mass is 19.1. The number of epoxide rings is 1. The van der Waals surface area contributed by atoms with E-state index >= 15 is 0 Å². The lowest BCUT2D eigenvalue weighted by Crippen LogP contribution is -2.59. The molecule has 0 bridgehead atoms. The van der Waals surface area contributed by atoms with Gasteiger partial charge in [-0.3, -0.25) is 19.2 Å². The third kappa shape index (κ3) is 7.66. The second-order valence-corrected chi connectivity index (χ2v) is 9.10. The molecule has 38 heavy (non-hydrogen) atoms. The fourth-order valence-electron chi connectivity index (χ4n) is 3.63. The zero-order valence-electron chi connectivity index (χ0n) is 21.5. The predicted octanol–water partition coefficient (Wildman–Crippen LogP) is 0.0836. The third-order valence-corrected chi connectivity index (χ3v) is 5.87. The minimum atomic E-state index is -1.21. The van der Waals surface area contributed by atoms with Gasteiger partial charge in [0.05, 0.1) is 25.9 Å². The molecule has 0 radical (unpaired) electrons. The summed E-state index contributed by atoms with van der Waals surface area (Å²) in [6.07, 6.45) is 0.0803. The molecule has 1 fully saturated rings. The number of aromatic nitrogens is 1.